The van der Waals surface area contributed by atoms with Crippen molar-refractivity contribution < 1.29 is 17.9 Å². The fraction of sp³-hybridized carbons (Fsp3) is 0.269. The fourth-order valence-corrected chi connectivity index (χ4v) is 5.33. The SMILES string of the molecule is CC(Oc1ccc(C(C)C)cc1)C(=O)Nc1ccc(S(=O)(=O)N2CCc3ccccc32)cc1. The lowest BCUT2D eigenvalue weighted by Gasteiger charge is -2.20. The van der Waals surface area contributed by atoms with Crippen LogP contribution in [0.15, 0.2) is 77.7 Å². The van der Waals surface area contributed by atoms with Gasteiger partial charge >= 0.3 is 0 Å². The van der Waals surface area contributed by atoms with Crippen LogP contribution in [0, 0.1) is 0 Å². The Morgan fingerprint density at radius 3 is 2.27 bits per heavy atom. The molecule has 1 aliphatic heterocycles. The summed E-state index contributed by atoms with van der Waals surface area (Å²) in [5.74, 6) is 0.730. The van der Waals surface area contributed by atoms with Crippen LogP contribution in [0.5, 0.6) is 5.75 Å². The molecule has 0 fully saturated rings. The highest BCUT2D eigenvalue weighted by Crippen LogP contribution is 2.32. The third kappa shape index (κ3) is 4.88. The van der Waals surface area contributed by atoms with Crippen molar-refractivity contribution >= 4 is 27.3 Å². The molecule has 3 aromatic rings. The van der Waals surface area contributed by atoms with Gasteiger partial charge in [-0.2, -0.15) is 0 Å². The van der Waals surface area contributed by atoms with Crippen LogP contribution in [0.1, 0.15) is 37.8 Å². The number of carbonyl (C=O) groups excluding carboxylic acids is 1. The molecule has 1 aliphatic rings. The van der Waals surface area contributed by atoms with Gasteiger partial charge in [0.25, 0.3) is 15.9 Å². The van der Waals surface area contributed by atoms with E-state index in [9.17, 15) is 13.2 Å². The molecule has 0 bridgehead atoms. The highest BCUT2D eigenvalue weighted by molar-refractivity contribution is 7.92. The first kappa shape index (κ1) is 22.9. The van der Waals surface area contributed by atoms with Gasteiger partial charge in [0.2, 0.25) is 0 Å². The van der Waals surface area contributed by atoms with Gasteiger partial charge in [-0.1, -0.05) is 44.2 Å². The number of amides is 1. The molecule has 172 valence electrons. The van der Waals surface area contributed by atoms with E-state index in [0.717, 1.165) is 11.3 Å². The summed E-state index contributed by atoms with van der Waals surface area (Å²) in [7, 11) is -3.67. The number of nitrogens with zero attached hydrogens (tertiary/aromatic N) is 1. The normalized spacial score (nSPS) is 14.1. The molecule has 0 spiro atoms. The Kier molecular flexibility index (Phi) is 6.42. The minimum atomic E-state index is -3.67. The molecule has 0 saturated heterocycles. The van der Waals surface area contributed by atoms with Gasteiger partial charge < -0.3 is 10.1 Å². The van der Waals surface area contributed by atoms with E-state index in [0.29, 0.717) is 30.3 Å². The zero-order valence-electron chi connectivity index (χ0n) is 19.0. The molecular formula is C26H28N2O4S. The van der Waals surface area contributed by atoms with Gasteiger partial charge in [-0.3, -0.25) is 9.10 Å². The van der Waals surface area contributed by atoms with E-state index < -0.39 is 16.1 Å². The molecule has 33 heavy (non-hydrogen) atoms. The van der Waals surface area contributed by atoms with Gasteiger partial charge in [-0.05, 0) is 72.9 Å². The summed E-state index contributed by atoms with van der Waals surface area (Å²) < 4.78 is 33.4. The van der Waals surface area contributed by atoms with E-state index in [-0.39, 0.29) is 10.8 Å². The molecule has 0 saturated carbocycles. The van der Waals surface area contributed by atoms with Crippen molar-refractivity contribution in [2.24, 2.45) is 0 Å². The molecule has 1 amide bonds. The molecule has 1 atom stereocenters. The first-order valence-corrected chi connectivity index (χ1v) is 12.5. The van der Waals surface area contributed by atoms with Gasteiger partial charge in [-0.15, -0.1) is 0 Å². The molecule has 0 radical (unpaired) electrons. The number of nitrogens with one attached hydrogen (secondary N) is 1. The van der Waals surface area contributed by atoms with Crippen molar-refractivity contribution in [3.05, 3.63) is 83.9 Å². The number of benzene rings is 3. The van der Waals surface area contributed by atoms with Crippen molar-refractivity contribution in [3.63, 3.8) is 0 Å². The van der Waals surface area contributed by atoms with Gasteiger partial charge in [0, 0.05) is 12.2 Å². The van der Waals surface area contributed by atoms with Crippen molar-refractivity contribution in [1.29, 1.82) is 0 Å². The lowest BCUT2D eigenvalue weighted by Crippen LogP contribution is -2.30. The Hall–Kier alpha value is -3.32. The van der Waals surface area contributed by atoms with Crippen molar-refractivity contribution in [3.8, 4) is 5.75 Å². The summed E-state index contributed by atoms with van der Waals surface area (Å²) >= 11 is 0. The van der Waals surface area contributed by atoms with Crippen LogP contribution in [0.4, 0.5) is 11.4 Å². The van der Waals surface area contributed by atoms with Gasteiger partial charge in [-0.25, -0.2) is 8.42 Å². The lowest BCUT2D eigenvalue weighted by molar-refractivity contribution is -0.122. The second kappa shape index (κ2) is 9.27. The summed E-state index contributed by atoms with van der Waals surface area (Å²) in [5, 5.41) is 2.78. The highest BCUT2D eigenvalue weighted by atomic mass is 32.2. The van der Waals surface area contributed by atoms with Crippen LogP contribution in [0.2, 0.25) is 0 Å². The summed E-state index contributed by atoms with van der Waals surface area (Å²) in [6.07, 6.45) is -0.0128. The molecule has 1 heterocycles. The Balaban J connectivity index is 1.40. The lowest BCUT2D eigenvalue weighted by atomic mass is 10.0. The van der Waals surface area contributed by atoms with Crippen molar-refractivity contribution in [1.82, 2.24) is 0 Å². The molecule has 6 nitrogen and oxygen atoms in total. The van der Waals surface area contributed by atoms with Crippen molar-refractivity contribution in [2.75, 3.05) is 16.2 Å². The third-order valence-electron chi connectivity index (χ3n) is 5.78. The number of hydrogen-bond donors (Lipinski definition) is 1. The van der Waals surface area contributed by atoms with Crippen LogP contribution >= 0.6 is 0 Å². The number of sulfonamides is 1. The van der Waals surface area contributed by atoms with Crippen LogP contribution in [-0.2, 0) is 21.2 Å². The Labute approximate surface area is 195 Å². The van der Waals surface area contributed by atoms with E-state index in [1.165, 1.54) is 22.0 Å². The standard InChI is InChI=1S/C26H28N2O4S/c1-18(2)20-8-12-23(13-9-20)32-19(3)26(29)27-22-10-14-24(15-11-22)33(30,31)28-17-16-21-6-4-5-7-25(21)28/h4-15,18-19H,16-17H2,1-3H3,(H,27,29). The average Bonchev–Trinajstić information content (AvgIpc) is 3.25. The van der Waals surface area contributed by atoms with Gasteiger partial charge in [0.05, 0.1) is 10.6 Å². The second-order valence-corrected chi connectivity index (χ2v) is 10.3. The number of rotatable bonds is 7. The topological polar surface area (TPSA) is 75.7 Å². The molecule has 1 N–H and O–H groups in total. The molecular weight excluding hydrogens is 436 g/mol. The molecule has 4 rings (SSSR count). The number of anilines is 2. The van der Waals surface area contributed by atoms with E-state index in [2.05, 4.69) is 19.2 Å². The summed E-state index contributed by atoms with van der Waals surface area (Å²) in [6.45, 7) is 6.33. The van der Waals surface area contributed by atoms with Crippen LogP contribution in [0.3, 0.4) is 0 Å². The Morgan fingerprint density at radius 1 is 0.939 bits per heavy atom. The fourth-order valence-electron chi connectivity index (χ4n) is 3.83. The first-order valence-electron chi connectivity index (χ1n) is 11.0. The van der Waals surface area contributed by atoms with Gasteiger partial charge in [0.15, 0.2) is 6.10 Å². The molecule has 0 aliphatic carbocycles. The van der Waals surface area contributed by atoms with Crippen LogP contribution in [0.25, 0.3) is 0 Å². The highest BCUT2D eigenvalue weighted by Gasteiger charge is 2.30. The number of fused-ring (bicyclic) bond motifs is 1. The zero-order chi connectivity index (χ0) is 23.6. The quantitative estimate of drug-likeness (QED) is 0.536. The maximum Gasteiger partial charge on any atom is 0.265 e. The van der Waals surface area contributed by atoms with E-state index in [4.69, 9.17) is 4.74 Å². The summed E-state index contributed by atoms with van der Waals surface area (Å²) in [5.41, 5.74) is 3.46. The van der Waals surface area contributed by atoms with E-state index >= 15 is 0 Å². The third-order valence-corrected chi connectivity index (χ3v) is 7.61. The van der Waals surface area contributed by atoms with Crippen molar-refractivity contribution in [2.45, 2.75) is 44.1 Å². The smallest absolute Gasteiger partial charge is 0.265 e. The molecule has 0 aromatic heterocycles. The van der Waals surface area contributed by atoms with Crippen LogP contribution < -0.4 is 14.4 Å². The largest absolute Gasteiger partial charge is 0.481 e. The maximum absolute atomic E-state index is 13.1. The average molecular weight is 465 g/mol. The zero-order valence-corrected chi connectivity index (χ0v) is 19.8. The minimum Gasteiger partial charge on any atom is -0.481 e. The first-order chi connectivity index (χ1) is 15.8. The van der Waals surface area contributed by atoms with E-state index in [1.807, 2.05) is 48.5 Å². The van der Waals surface area contributed by atoms with Gasteiger partial charge in [0.1, 0.15) is 5.75 Å². The molecule has 1 unspecified atom stereocenters. The molecule has 7 heteroatoms. The summed E-state index contributed by atoms with van der Waals surface area (Å²) in [4.78, 5) is 12.7. The number of ether oxygens (including phenoxy) is 1. The van der Waals surface area contributed by atoms with E-state index in [1.54, 1.807) is 19.1 Å². The number of carbonyl (C=O) groups is 1. The number of hydrogen-bond acceptors (Lipinski definition) is 4. The number of para-hydroxylation sites is 1. The van der Waals surface area contributed by atoms with Crippen LogP contribution in [-0.4, -0.2) is 27.0 Å². The second-order valence-electron chi connectivity index (χ2n) is 8.45. The predicted octanol–water partition coefficient (Wildman–Crippen LogP) is 4.97. The monoisotopic (exact) mass is 464 g/mol. The predicted molar refractivity (Wildman–Crippen MR) is 130 cm³/mol. The Morgan fingerprint density at radius 2 is 1.61 bits per heavy atom. The summed E-state index contributed by atoms with van der Waals surface area (Å²) in [6, 6.07) is 21.4. The maximum atomic E-state index is 13.1. The minimum absolute atomic E-state index is 0.187. The Bertz CT molecular complexity index is 1240. The molecule has 3 aromatic carbocycles.